The van der Waals surface area contributed by atoms with Crippen molar-refractivity contribution in [1.29, 1.82) is 0 Å². The summed E-state index contributed by atoms with van der Waals surface area (Å²) in [5, 5.41) is 0. The van der Waals surface area contributed by atoms with Crippen molar-refractivity contribution in [1.82, 2.24) is 0 Å². The van der Waals surface area contributed by atoms with E-state index in [0.29, 0.717) is 0 Å². The van der Waals surface area contributed by atoms with Crippen LogP contribution in [-0.4, -0.2) is 19.4 Å². The number of benzene rings is 1. The number of rotatable bonds is 3. The molecule has 0 aliphatic rings. The minimum atomic E-state index is -4.48. The van der Waals surface area contributed by atoms with Crippen molar-refractivity contribution >= 4 is 0 Å². The second-order valence-electron chi connectivity index (χ2n) is 3.06. The van der Waals surface area contributed by atoms with Crippen LogP contribution in [-0.2, 0) is 11.2 Å². The molecule has 0 spiro atoms. The van der Waals surface area contributed by atoms with E-state index < -0.39 is 24.5 Å². The Kier molecular flexibility index (Phi) is 3.68. The van der Waals surface area contributed by atoms with Gasteiger partial charge < -0.3 is 4.74 Å². The van der Waals surface area contributed by atoms with E-state index in [1.165, 1.54) is 18.2 Å². The van der Waals surface area contributed by atoms with E-state index in [-0.39, 0.29) is 5.56 Å². The van der Waals surface area contributed by atoms with E-state index in [1.54, 1.807) is 0 Å². The Morgan fingerprint density at radius 2 is 1.87 bits per heavy atom. The van der Waals surface area contributed by atoms with Crippen LogP contribution in [0.2, 0.25) is 0 Å². The fourth-order valence-corrected chi connectivity index (χ4v) is 1.20. The van der Waals surface area contributed by atoms with E-state index in [2.05, 4.69) is 4.74 Å². The van der Waals surface area contributed by atoms with Crippen LogP contribution in [0.5, 0.6) is 0 Å². The number of hydrogen-bond donors (Lipinski definition) is 0. The molecule has 0 amide bonds. The third-order valence-corrected chi connectivity index (χ3v) is 2.01. The second-order valence-corrected chi connectivity index (χ2v) is 3.06. The van der Waals surface area contributed by atoms with Crippen LogP contribution in [0.15, 0.2) is 24.3 Å². The first-order valence-corrected chi connectivity index (χ1v) is 4.28. The Labute approximate surface area is 84.7 Å². The summed E-state index contributed by atoms with van der Waals surface area (Å²) in [6.45, 7) is 0. The zero-order valence-corrected chi connectivity index (χ0v) is 8.01. The third kappa shape index (κ3) is 3.20. The van der Waals surface area contributed by atoms with Gasteiger partial charge in [0.05, 0.1) is 0 Å². The van der Waals surface area contributed by atoms with Crippen LogP contribution in [0, 0.1) is 5.82 Å². The summed E-state index contributed by atoms with van der Waals surface area (Å²) in [5.41, 5.74) is 0.00155. The van der Waals surface area contributed by atoms with Crippen molar-refractivity contribution in [2.45, 2.75) is 18.7 Å². The van der Waals surface area contributed by atoms with Gasteiger partial charge in [-0.1, -0.05) is 18.2 Å². The third-order valence-electron chi connectivity index (χ3n) is 2.01. The maximum atomic E-state index is 13.1. The number of halogens is 4. The van der Waals surface area contributed by atoms with Gasteiger partial charge in [0.1, 0.15) is 5.82 Å². The van der Waals surface area contributed by atoms with Crippen LogP contribution in [0.4, 0.5) is 17.6 Å². The molecule has 1 unspecified atom stereocenters. The van der Waals surface area contributed by atoms with Crippen molar-refractivity contribution < 1.29 is 22.3 Å². The summed E-state index contributed by atoms with van der Waals surface area (Å²) in [4.78, 5) is 0. The highest BCUT2D eigenvalue weighted by molar-refractivity contribution is 5.18. The molecule has 5 heteroatoms. The predicted octanol–water partition coefficient (Wildman–Crippen LogP) is 2.95. The largest absolute Gasteiger partial charge is 0.414 e. The molecule has 0 saturated heterocycles. The summed E-state index contributed by atoms with van der Waals surface area (Å²) in [5.74, 6) is -0.649. The normalized spacial score (nSPS) is 13.9. The lowest BCUT2D eigenvalue weighted by Crippen LogP contribution is -2.32. The summed E-state index contributed by atoms with van der Waals surface area (Å²) >= 11 is 0. The molecule has 1 aromatic rings. The summed E-state index contributed by atoms with van der Waals surface area (Å²) in [6, 6.07) is 5.35. The highest BCUT2D eigenvalue weighted by atomic mass is 19.4. The summed E-state index contributed by atoms with van der Waals surface area (Å²) in [7, 11) is 0.957. The Hall–Kier alpha value is -1.10. The van der Waals surface area contributed by atoms with Gasteiger partial charge in [0, 0.05) is 13.5 Å². The Morgan fingerprint density at radius 3 is 2.33 bits per heavy atom. The van der Waals surface area contributed by atoms with Gasteiger partial charge in [0.15, 0.2) is 6.10 Å². The van der Waals surface area contributed by atoms with Gasteiger partial charge in [-0.25, -0.2) is 4.39 Å². The maximum absolute atomic E-state index is 13.1. The molecule has 1 aromatic carbocycles. The highest BCUT2D eigenvalue weighted by Gasteiger charge is 2.40. The van der Waals surface area contributed by atoms with E-state index in [4.69, 9.17) is 0 Å². The minimum Gasteiger partial charge on any atom is -0.372 e. The highest BCUT2D eigenvalue weighted by Crippen LogP contribution is 2.26. The molecular weight excluding hydrogens is 212 g/mol. The van der Waals surface area contributed by atoms with Gasteiger partial charge in [-0.05, 0) is 11.6 Å². The lowest BCUT2D eigenvalue weighted by molar-refractivity contribution is -0.212. The van der Waals surface area contributed by atoms with Crippen LogP contribution >= 0.6 is 0 Å². The molecule has 0 aliphatic carbocycles. The zero-order chi connectivity index (χ0) is 11.5. The van der Waals surface area contributed by atoms with Crippen LogP contribution in [0.1, 0.15) is 5.56 Å². The van der Waals surface area contributed by atoms with Crippen molar-refractivity contribution in [3.63, 3.8) is 0 Å². The lowest BCUT2D eigenvalue weighted by atomic mass is 10.1. The Bertz CT molecular complexity index is 321. The smallest absolute Gasteiger partial charge is 0.372 e. The van der Waals surface area contributed by atoms with Crippen molar-refractivity contribution in [2.24, 2.45) is 0 Å². The second kappa shape index (κ2) is 4.61. The average molecular weight is 222 g/mol. The molecule has 1 nitrogen and oxygen atoms in total. The van der Waals surface area contributed by atoms with E-state index in [0.717, 1.165) is 13.2 Å². The molecular formula is C10H10F4O. The maximum Gasteiger partial charge on any atom is 0.414 e. The van der Waals surface area contributed by atoms with Crippen molar-refractivity contribution in [3.8, 4) is 0 Å². The molecule has 84 valence electrons. The number of ether oxygens (including phenoxy) is 1. The van der Waals surface area contributed by atoms with Crippen molar-refractivity contribution in [2.75, 3.05) is 7.11 Å². The molecule has 15 heavy (non-hydrogen) atoms. The summed E-state index contributed by atoms with van der Waals surface area (Å²) < 4.78 is 54.2. The molecule has 0 heterocycles. The molecule has 0 N–H and O–H groups in total. The van der Waals surface area contributed by atoms with E-state index in [1.807, 2.05) is 0 Å². The zero-order valence-electron chi connectivity index (χ0n) is 8.01. The van der Waals surface area contributed by atoms with Crippen LogP contribution < -0.4 is 0 Å². The fourth-order valence-electron chi connectivity index (χ4n) is 1.20. The standard InChI is InChI=1S/C10H10F4O/c1-15-9(10(12,13)14)6-7-4-2-3-5-8(7)11/h2-5,9H,6H2,1H3. The molecule has 0 aliphatic heterocycles. The molecule has 0 aromatic heterocycles. The topological polar surface area (TPSA) is 9.23 Å². The van der Waals surface area contributed by atoms with Gasteiger partial charge in [-0.3, -0.25) is 0 Å². The molecule has 0 radical (unpaired) electrons. The number of hydrogen-bond acceptors (Lipinski definition) is 1. The Morgan fingerprint density at radius 1 is 1.27 bits per heavy atom. The molecule has 1 atom stereocenters. The van der Waals surface area contributed by atoms with E-state index in [9.17, 15) is 17.6 Å². The lowest BCUT2D eigenvalue weighted by Gasteiger charge is -2.18. The molecule has 0 fully saturated rings. The monoisotopic (exact) mass is 222 g/mol. The van der Waals surface area contributed by atoms with Crippen LogP contribution in [0.3, 0.4) is 0 Å². The fraction of sp³-hybridized carbons (Fsp3) is 0.400. The first kappa shape index (κ1) is 12.0. The number of alkyl halides is 3. The van der Waals surface area contributed by atoms with Gasteiger partial charge in [0.2, 0.25) is 0 Å². The minimum absolute atomic E-state index is 0.00155. The Balaban J connectivity index is 2.80. The first-order valence-electron chi connectivity index (χ1n) is 4.28. The molecule has 0 bridgehead atoms. The van der Waals surface area contributed by atoms with Crippen molar-refractivity contribution in [3.05, 3.63) is 35.6 Å². The number of methoxy groups -OCH3 is 1. The van der Waals surface area contributed by atoms with Gasteiger partial charge >= 0.3 is 6.18 Å². The molecule has 0 saturated carbocycles. The van der Waals surface area contributed by atoms with Gasteiger partial charge in [-0.15, -0.1) is 0 Å². The quantitative estimate of drug-likeness (QED) is 0.714. The first-order chi connectivity index (χ1) is 6.95. The SMILES string of the molecule is COC(Cc1ccccc1F)C(F)(F)F. The predicted molar refractivity (Wildman–Crippen MR) is 47.0 cm³/mol. The average Bonchev–Trinajstić information content (AvgIpc) is 2.14. The van der Waals surface area contributed by atoms with Crippen LogP contribution in [0.25, 0.3) is 0 Å². The van der Waals surface area contributed by atoms with E-state index >= 15 is 0 Å². The summed E-state index contributed by atoms with van der Waals surface area (Å²) in [6.07, 6.45) is -6.95. The van der Waals surface area contributed by atoms with Gasteiger partial charge in [-0.2, -0.15) is 13.2 Å². The molecule has 1 rings (SSSR count). The van der Waals surface area contributed by atoms with Gasteiger partial charge in [0.25, 0.3) is 0 Å².